The van der Waals surface area contributed by atoms with Crippen molar-refractivity contribution in [2.24, 2.45) is 0 Å². The van der Waals surface area contributed by atoms with Gasteiger partial charge in [0.2, 0.25) is 5.91 Å². The van der Waals surface area contributed by atoms with Crippen LogP contribution >= 0.6 is 11.6 Å². The number of carbonyl (C=O) groups excluding carboxylic acids is 1. The van der Waals surface area contributed by atoms with Crippen molar-refractivity contribution in [2.45, 2.75) is 6.10 Å². The molecule has 1 atom stereocenters. The lowest BCUT2D eigenvalue weighted by molar-refractivity contribution is -0.140. The Kier molecular flexibility index (Phi) is 5.31. The second kappa shape index (κ2) is 7.42. The Morgan fingerprint density at radius 2 is 1.95 bits per heavy atom. The maximum absolute atomic E-state index is 12.5. The van der Waals surface area contributed by atoms with Crippen LogP contribution < -0.4 is 5.32 Å². The molecule has 2 fully saturated rings. The molecule has 5 nitrogen and oxygen atoms in total. The fourth-order valence-electron chi connectivity index (χ4n) is 2.92. The van der Waals surface area contributed by atoms with Gasteiger partial charge >= 0.3 is 0 Å². The van der Waals surface area contributed by atoms with Crippen molar-refractivity contribution in [2.75, 3.05) is 52.4 Å². The number of carbonyl (C=O) groups is 1. The van der Waals surface area contributed by atoms with Crippen LogP contribution in [-0.2, 0) is 9.53 Å². The average molecular weight is 324 g/mol. The van der Waals surface area contributed by atoms with Crippen molar-refractivity contribution in [3.8, 4) is 0 Å². The molecule has 0 spiro atoms. The fourth-order valence-corrected chi connectivity index (χ4v) is 3.04. The summed E-state index contributed by atoms with van der Waals surface area (Å²) < 4.78 is 5.81. The standard InChI is InChI=1S/C16H22ClN3O2/c17-14-3-1-13(2-4-14)15-11-20(9-10-22-15)16(21)12-19-7-5-18-6-8-19/h1-4,15,18H,5-12H2. The summed E-state index contributed by atoms with van der Waals surface area (Å²) in [4.78, 5) is 16.6. The van der Waals surface area contributed by atoms with Crippen LogP contribution in [0.1, 0.15) is 11.7 Å². The number of benzene rings is 1. The first-order valence-electron chi connectivity index (χ1n) is 7.80. The van der Waals surface area contributed by atoms with Crippen molar-refractivity contribution in [3.63, 3.8) is 0 Å². The molecule has 0 radical (unpaired) electrons. The first-order valence-corrected chi connectivity index (χ1v) is 8.18. The average Bonchev–Trinajstić information content (AvgIpc) is 2.56. The van der Waals surface area contributed by atoms with Crippen LogP contribution in [0.3, 0.4) is 0 Å². The van der Waals surface area contributed by atoms with Gasteiger partial charge in [-0.3, -0.25) is 9.69 Å². The van der Waals surface area contributed by atoms with E-state index < -0.39 is 0 Å². The molecule has 2 heterocycles. The van der Waals surface area contributed by atoms with E-state index >= 15 is 0 Å². The number of hydrogen-bond donors (Lipinski definition) is 1. The van der Waals surface area contributed by atoms with Gasteiger partial charge in [-0.25, -0.2) is 0 Å². The van der Waals surface area contributed by atoms with E-state index in [0.717, 1.165) is 31.7 Å². The first kappa shape index (κ1) is 15.7. The van der Waals surface area contributed by atoms with Crippen molar-refractivity contribution in [3.05, 3.63) is 34.9 Å². The van der Waals surface area contributed by atoms with E-state index in [1.807, 2.05) is 29.2 Å². The highest BCUT2D eigenvalue weighted by Gasteiger charge is 2.26. The van der Waals surface area contributed by atoms with Crippen molar-refractivity contribution in [1.29, 1.82) is 0 Å². The molecule has 22 heavy (non-hydrogen) atoms. The summed E-state index contributed by atoms with van der Waals surface area (Å²) in [5.74, 6) is 0.198. The van der Waals surface area contributed by atoms with Crippen LogP contribution in [0.4, 0.5) is 0 Å². The minimum Gasteiger partial charge on any atom is -0.370 e. The summed E-state index contributed by atoms with van der Waals surface area (Å²) in [7, 11) is 0. The van der Waals surface area contributed by atoms with E-state index in [9.17, 15) is 4.79 Å². The number of halogens is 1. The molecule has 0 saturated carbocycles. The van der Waals surface area contributed by atoms with E-state index in [2.05, 4.69) is 10.2 Å². The normalized spacial score (nSPS) is 23.5. The maximum atomic E-state index is 12.5. The van der Waals surface area contributed by atoms with Gasteiger partial charge in [0.1, 0.15) is 6.10 Å². The van der Waals surface area contributed by atoms with Crippen molar-refractivity contribution >= 4 is 17.5 Å². The lowest BCUT2D eigenvalue weighted by Gasteiger charge is -2.35. The Balaban J connectivity index is 1.57. The smallest absolute Gasteiger partial charge is 0.236 e. The fraction of sp³-hybridized carbons (Fsp3) is 0.562. The summed E-state index contributed by atoms with van der Waals surface area (Å²) in [6.45, 7) is 6.19. The molecule has 1 amide bonds. The van der Waals surface area contributed by atoms with Crippen LogP contribution in [0.15, 0.2) is 24.3 Å². The van der Waals surface area contributed by atoms with E-state index in [0.29, 0.717) is 31.3 Å². The highest BCUT2D eigenvalue weighted by Crippen LogP contribution is 2.23. The molecule has 1 N–H and O–H groups in total. The van der Waals surface area contributed by atoms with Crippen LogP contribution in [0.2, 0.25) is 5.02 Å². The van der Waals surface area contributed by atoms with Crippen molar-refractivity contribution in [1.82, 2.24) is 15.1 Å². The lowest BCUT2D eigenvalue weighted by Crippen LogP contribution is -2.50. The zero-order valence-corrected chi connectivity index (χ0v) is 13.4. The molecular weight excluding hydrogens is 302 g/mol. The van der Waals surface area contributed by atoms with Crippen LogP contribution in [0.5, 0.6) is 0 Å². The van der Waals surface area contributed by atoms with Crippen LogP contribution in [-0.4, -0.2) is 68.1 Å². The number of amides is 1. The summed E-state index contributed by atoms with van der Waals surface area (Å²) in [6.07, 6.45) is -0.0574. The van der Waals surface area contributed by atoms with E-state index in [1.165, 1.54) is 0 Å². The molecule has 1 aromatic carbocycles. The van der Waals surface area contributed by atoms with Crippen LogP contribution in [0.25, 0.3) is 0 Å². The van der Waals surface area contributed by atoms with Gasteiger partial charge in [-0.2, -0.15) is 0 Å². The SMILES string of the molecule is O=C(CN1CCNCC1)N1CCOC(c2ccc(Cl)cc2)C1. The summed E-state index contributed by atoms with van der Waals surface area (Å²) in [5.41, 5.74) is 1.07. The Morgan fingerprint density at radius 3 is 2.68 bits per heavy atom. The predicted molar refractivity (Wildman–Crippen MR) is 86.0 cm³/mol. The first-order chi connectivity index (χ1) is 10.7. The molecule has 6 heteroatoms. The zero-order chi connectivity index (χ0) is 15.4. The third-order valence-electron chi connectivity index (χ3n) is 4.23. The number of nitrogens with zero attached hydrogens (tertiary/aromatic N) is 2. The summed E-state index contributed by atoms with van der Waals surface area (Å²) in [5, 5.41) is 4.02. The summed E-state index contributed by atoms with van der Waals surface area (Å²) >= 11 is 5.92. The number of morpholine rings is 1. The second-order valence-electron chi connectivity index (χ2n) is 5.78. The largest absolute Gasteiger partial charge is 0.370 e. The Morgan fingerprint density at radius 1 is 1.23 bits per heavy atom. The minimum atomic E-state index is -0.0574. The number of nitrogens with one attached hydrogen (secondary N) is 1. The summed E-state index contributed by atoms with van der Waals surface area (Å²) in [6, 6.07) is 7.66. The molecular formula is C16H22ClN3O2. The predicted octanol–water partition coefficient (Wildman–Crippen LogP) is 1.15. The van der Waals surface area contributed by atoms with Gasteiger partial charge in [-0.1, -0.05) is 23.7 Å². The number of ether oxygens (including phenoxy) is 1. The van der Waals surface area contributed by atoms with E-state index in [4.69, 9.17) is 16.3 Å². The lowest BCUT2D eigenvalue weighted by atomic mass is 10.1. The molecule has 3 rings (SSSR count). The van der Waals surface area contributed by atoms with E-state index in [-0.39, 0.29) is 12.0 Å². The topological polar surface area (TPSA) is 44.8 Å². The number of piperazine rings is 1. The Bertz CT molecular complexity index is 503. The Labute approximate surface area is 136 Å². The van der Waals surface area contributed by atoms with Crippen LogP contribution in [0, 0.1) is 0 Å². The third kappa shape index (κ3) is 3.98. The minimum absolute atomic E-state index is 0.0574. The molecule has 0 bridgehead atoms. The molecule has 0 aliphatic carbocycles. The number of rotatable bonds is 3. The molecule has 2 saturated heterocycles. The maximum Gasteiger partial charge on any atom is 0.236 e. The van der Waals surface area contributed by atoms with Gasteiger partial charge in [0.15, 0.2) is 0 Å². The molecule has 2 aliphatic heterocycles. The van der Waals surface area contributed by atoms with Gasteiger partial charge < -0.3 is 15.0 Å². The Hall–Kier alpha value is -1.14. The highest BCUT2D eigenvalue weighted by atomic mass is 35.5. The molecule has 2 aliphatic rings. The van der Waals surface area contributed by atoms with Gasteiger partial charge in [0, 0.05) is 37.7 Å². The molecule has 120 valence electrons. The molecule has 0 aromatic heterocycles. The number of hydrogen-bond acceptors (Lipinski definition) is 4. The van der Waals surface area contributed by atoms with Gasteiger partial charge in [-0.15, -0.1) is 0 Å². The quantitative estimate of drug-likeness (QED) is 0.906. The molecule has 1 aromatic rings. The van der Waals surface area contributed by atoms with E-state index in [1.54, 1.807) is 0 Å². The van der Waals surface area contributed by atoms with Gasteiger partial charge in [-0.05, 0) is 17.7 Å². The van der Waals surface area contributed by atoms with Gasteiger partial charge in [0.25, 0.3) is 0 Å². The van der Waals surface area contributed by atoms with Gasteiger partial charge in [0.05, 0.1) is 19.7 Å². The highest BCUT2D eigenvalue weighted by molar-refractivity contribution is 6.30. The zero-order valence-electron chi connectivity index (χ0n) is 12.6. The third-order valence-corrected chi connectivity index (χ3v) is 4.48. The second-order valence-corrected chi connectivity index (χ2v) is 6.21. The molecule has 1 unspecified atom stereocenters. The van der Waals surface area contributed by atoms with Crippen molar-refractivity contribution < 1.29 is 9.53 Å². The monoisotopic (exact) mass is 323 g/mol.